The highest BCUT2D eigenvalue weighted by Crippen LogP contribution is 2.32. The number of pyridine rings is 1. The molecule has 9 heteroatoms. The van der Waals surface area contributed by atoms with E-state index >= 15 is 0 Å². The number of hydrogen-bond acceptors (Lipinski definition) is 5. The number of likely N-dealkylation sites (tertiary alicyclic amines) is 1. The number of aryl methyl sites for hydroxylation is 1. The van der Waals surface area contributed by atoms with Gasteiger partial charge in [-0.2, -0.15) is 0 Å². The lowest BCUT2D eigenvalue weighted by molar-refractivity contribution is 0.146. The molecule has 3 aromatic rings. The average Bonchev–Trinajstić information content (AvgIpc) is 2.78. The lowest BCUT2D eigenvalue weighted by Crippen LogP contribution is -2.38. The van der Waals surface area contributed by atoms with E-state index in [0.29, 0.717) is 34.3 Å². The van der Waals surface area contributed by atoms with Crippen molar-refractivity contribution in [3.8, 4) is 0 Å². The van der Waals surface area contributed by atoms with Gasteiger partial charge in [0, 0.05) is 17.2 Å². The van der Waals surface area contributed by atoms with Crippen LogP contribution in [0.1, 0.15) is 74.5 Å². The summed E-state index contributed by atoms with van der Waals surface area (Å²) in [5, 5.41) is 3.77. The van der Waals surface area contributed by atoms with Crippen molar-refractivity contribution in [1.29, 1.82) is 0 Å². The molecule has 0 aliphatic carbocycles. The van der Waals surface area contributed by atoms with E-state index in [0.717, 1.165) is 32.0 Å². The summed E-state index contributed by atoms with van der Waals surface area (Å²) in [4.78, 5) is 27.0. The minimum Gasteiger partial charge on any atom is -0.363 e. The Bertz CT molecular complexity index is 1240. The van der Waals surface area contributed by atoms with E-state index in [1.54, 1.807) is 13.8 Å². The van der Waals surface area contributed by atoms with E-state index in [9.17, 15) is 18.0 Å². The fourth-order valence-electron chi connectivity index (χ4n) is 4.71. The zero-order chi connectivity index (χ0) is 24.6. The van der Waals surface area contributed by atoms with Crippen molar-refractivity contribution in [3.05, 3.63) is 63.0 Å². The molecule has 34 heavy (non-hydrogen) atoms. The van der Waals surface area contributed by atoms with Crippen LogP contribution in [0.3, 0.4) is 0 Å². The molecule has 182 valence electrons. The largest absolute Gasteiger partial charge is 0.363 e. The number of nitrogens with one attached hydrogen (secondary N) is 2. The van der Waals surface area contributed by atoms with E-state index in [2.05, 4.69) is 39.0 Å². The van der Waals surface area contributed by atoms with Crippen LogP contribution in [0.2, 0.25) is 0 Å². The van der Waals surface area contributed by atoms with Crippen LogP contribution in [0, 0.1) is 12.7 Å². The number of aromatic amines is 1. The molecule has 4 rings (SSSR count). The number of alkyl halides is 2. The van der Waals surface area contributed by atoms with Gasteiger partial charge in [-0.25, -0.2) is 23.1 Å². The van der Waals surface area contributed by atoms with Crippen molar-refractivity contribution in [1.82, 2.24) is 19.9 Å². The SMILES string of the molecule is Cc1nc(N[C@H](C)c2cccc(C(F)F)c2F)c2cc(C3CCN(C(C)C)CC3)c(=O)[nH]c2n1. The van der Waals surface area contributed by atoms with Crippen molar-refractivity contribution < 1.29 is 13.2 Å². The van der Waals surface area contributed by atoms with Crippen LogP contribution in [0.25, 0.3) is 11.0 Å². The van der Waals surface area contributed by atoms with Crippen LogP contribution < -0.4 is 10.9 Å². The third kappa shape index (κ3) is 4.80. The zero-order valence-electron chi connectivity index (χ0n) is 19.8. The lowest BCUT2D eigenvalue weighted by atomic mass is 9.89. The number of anilines is 1. The summed E-state index contributed by atoms with van der Waals surface area (Å²) >= 11 is 0. The van der Waals surface area contributed by atoms with E-state index in [1.165, 1.54) is 12.1 Å². The maximum absolute atomic E-state index is 14.7. The molecule has 2 N–H and O–H groups in total. The number of aromatic nitrogens is 3. The van der Waals surface area contributed by atoms with Gasteiger partial charge in [0.15, 0.2) is 0 Å². The third-order valence-electron chi connectivity index (χ3n) is 6.66. The molecule has 1 aliphatic heterocycles. The Morgan fingerprint density at radius 2 is 1.79 bits per heavy atom. The van der Waals surface area contributed by atoms with Gasteiger partial charge in [-0.05, 0) is 65.6 Å². The van der Waals surface area contributed by atoms with Gasteiger partial charge >= 0.3 is 0 Å². The molecule has 1 aliphatic rings. The van der Waals surface area contributed by atoms with Crippen LogP contribution in [0.5, 0.6) is 0 Å². The Morgan fingerprint density at radius 1 is 1.12 bits per heavy atom. The second kappa shape index (κ2) is 9.74. The maximum atomic E-state index is 14.7. The Balaban J connectivity index is 1.69. The highest BCUT2D eigenvalue weighted by molar-refractivity contribution is 5.87. The summed E-state index contributed by atoms with van der Waals surface area (Å²) in [6.07, 6.45) is -1.14. The molecule has 1 aromatic carbocycles. The third-order valence-corrected chi connectivity index (χ3v) is 6.66. The van der Waals surface area contributed by atoms with E-state index < -0.39 is 23.8 Å². The fraction of sp³-hybridized carbons (Fsp3) is 0.480. The number of benzene rings is 1. The number of hydrogen-bond donors (Lipinski definition) is 2. The Morgan fingerprint density at radius 3 is 2.44 bits per heavy atom. The molecule has 2 aromatic heterocycles. The van der Waals surface area contributed by atoms with Gasteiger partial charge in [0.25, 0.3) is 12.0 Å². The first kappa shape index (κ1) is 24.2. The van der Waals surface area contributed by atoms with Crippen molar-refractivity contribution >= 4 is 16.9 Å². The summed E-state index contributed by atoms with van der Waals surface area (Å²) in [7, 11) is 0. The topological polar surface area (TPSA) is 73.9 Å². The van der Waals surface area contributed by atoms with E-state index in [4.69, 9.17) is 0 Å². The maximum Gasteiger partial charge on any atom is 0.266 e. The van der Waals surface area contributed by atoms with Gasteiger partial charge in [-0.1, -0.05) is 18.2 Å². The predicted octanol–water partition coefficient (Wildman–Crippen LogP) is 5.46. The van der Waals surface area contributed by atoms with Crippen LogP contribution in [0.4, 0.5) is 19.0 Å². The van der Waals surface area contributed by atoms with Gasteiger partial charge < -0.3 is 15.2 Å². The highest BCUT2D eigenvalue weighted by Gasteiger charge is 2.25. The predicted molar refractivity (Wildman–Crippen MR) is 127 cm³/mol. The van der Waals surface area contributed by atoms with Crippen LogP contribution in [-0.2, 0) is 0 Å². The van der Waals surface area contributed by atoms with Crippen molar-refractivity contribution in [2.24, 2.45) is 0 Å². The van der Waals surface area contributed by atoms with Gasteiger partial charge in [0.1, 0.15) is 23.1 Å². The first-order valence-corrected chi connectivity index (χ1v) is 11.6. The number of halogens is 3. The number of piperidine rings is 1. The number of rotatable bonds is 6. The fourth-order valence-corrected chi connectivity index (χ4v) is 4.71. The first-order chi connectivity index (χ1) is 16.2. The molecule has 6 nitrogen and oxygen atoms in total. The molecule has 0 unspecified atom stereocenters. The smallest absolute Gasteiger partial charge is 0.266 e. The Kier molecular flexibility index (Phi) is 6.93. The molecule has 1 fully saturated rings. The Hall–Kier alpha value is -2.94. The summed E-state index contributed by atoms with van der Waals surface area (Å²) in [6.45, 7) is 9.56. The van der Waals surface area contributed by atoms with Crippen LogP contribution in [-0.4, -0.2) is 39.0 Å². The lowest BCUT2D eigenvalue weighted by Gasteiger charge is -2.34. The monoisotopic (exact) mass is 473 g/mol. The van der Waals surface area contributed by atoms with Crippen molar-refractivity contribution in [2.75, 3.05) is 18.4 Å². The summed E-state index contributed by atoms with van der Waals surface area (Å²) in [5.41, 5.74) is 0.396. The molecule has 0 radical (unpaired) electrons. The first-order valence-electron chi connectivity index (χ1n) is 11.6. The van der Waals surface area contributed by atoms with Gasteiger partial charge in [0.05, 0.1) is 17.0 Å². The average molecular weight is 474 g/mol. The minimum atomic E-state index is -2.90. The molecule has 0 amide bonds. The summed E-state index contributed by atoms with van der Waals surface area (Å²) in [5.74, 6) is 0.0418. The van der Waals surface area contributed by atoms with Crippen LogP contribution >= 0.6 is 0 Å². The molecule has 0 bridgehead atoms. The van der Waals surface area contributed by atoms with Crippen LogP contribution in [0.15, 0.2) is 29.1 Å². The number of nitrogens with zero attached hydrogens (tertiary/aromatic N) is 3. The second-order valence-corrected chi connectivity index (χ2v) is 9.26. The molecule has 1 atom stereocenters. The minimum absolute atomic E-state index is 0.118. The number of H-pyrrole nitrogens is 1. The normalized spacial score (nSPS) is 16.5. The molecule has 0 spiro atoms. The standard InChI is InChI=1S/C25H30F3N5O/c1-13(2)33-10-8-16(9-11-33)19-12-20-23(30-15(4)31-24(20)32-25(19)34)29-14(3)17-6-5-7-18(21(17)26)22(27)28/h5-7,12-14,16,22H,8-11H2,1-4H3,(H2,29,30,31,32,34)/t14-/m1/s1. The zero-order valence-corrected chi connectivity index (χ0v) is 19.8. The molecular weight excluding hydrogens is 443 g/mol. The van der Waals surface area contributed by atoms with E-state index in [1.807, 2.05) is 6.07 Å². The summed E-state index contributed by atoms with van der Waals surface area (Å²) in [6, 6.07) is 5.63. The Labute approximate surface area is 196 Å². The van der Waals surface area contributed by atoms with E-state index in [-0.39, 0.29) is 17.0 Å². The molecular formula is C25H30F3N5O. The quantitative estimate of drug-likeness (QED) is 0.497. The summed E-state index contributed by atoms with van der Waals surface area (Å²) < 4.78 is 41.1. The number of fused-ring (bicyclic) bond motifs is 1. The van der Waals surface area contributed by atoms with Crippen molar-refractivity contribution in [3.63, 3.8) is 0 Å². The van der Waals surface area contributed by atoms with Gasteiger partial charge in [0.2, 0.25) is 0 Å². The highest BCUT2D eigenvalue weighted by atomic mass is 19.3. The molecule has 1 saturated heterocycles. The molecule has 0 saturated carbocycles. The molecule has 3 heterocycles. The van der Waals surface area contributed by atoms with Gasteiger partial charge in [-0.15, -0.1) is 0 Å². The van der Waals surface area contributed by atoms with Gasteiger partial charge in [-0.3, -0.25) is 4.79 Å². The van der Waals surface area contributed by atoms with Crippen molar-refractivity contribution in [2.45, 2.75) is 65.0 Å². The second-order valence-electron chi connectivity index (χ2n) is 9.26.